The molecule has 0 aromatic heterocycles. The molecule has 0 aliphatic heterocycles. The summed E-state index contributed by atoms with van der Waals surface area (Å²) in [5.41, 5.74) is 0.989. The summed E-state index contributed by atoms with van der Waals surface area (Å²) >= 11 is 0. The van der Waals surface area contributed by atoms with Crippen molar-refractivity contribution < 1.29 is 22.0 Å². The minimum atomic E-state index is -4.41. The Kier molecular flexibility index (Phi) is 5.69. The molecule has 0 radical (unpaired) electrons. The fourth-order valence-electron chi connectivity index (χ4n) is 3.98. The molecule has 31 heavy (non-hydrogen) atoms. The Morgan fingerprint density at radius 3 is 2.00 bits per heavy atom. The maximum Gasteiger partial charge on any atom is 0.416 e. The van der Waals surface area contributed by atoms with Gasteiger partial charge < -0.3 is 0 Å². The third-order valence-corrected chi connectivity index (χ3v) is 5.69. The number of aryl methyl sites for hydroxylation is 1. The van der Waals surface area contributed by atoms with Gasteiger partial charge in [-0.25, -0.2) is 8.78 Å². The summed E-state index contributed by atoms with van der Waals surface area (Å²) in [7, 11) is 0. The maximum absolute atomic E-state index is 15.0. The van der Waals surface area contributed by atoms with E-state index in [1.165, 1.54) is 18.2 Å². The second-order valence-corrected chi connectivity index (χ2v) is 7.78. The Balaban J connectivity index is 1.77. The van der Waals surface area contributed by atoms with E-state index in [0.717, 1.165) is 31.4 Å². The number of benzene rings is 4. The highest BCUT2D eigenvalue weighted by atomic mass is 19.4. The molecule has 5 heteroatoms. The van der Waals surface area contributed by atoms with Crippen LogP contribution in [-0.2, 0) is 12.6 Å². The SMILES string of the molecule is CCCCCc1ccc2c(cc(F)c3cc(-c4ccc(C(F)(F)F)cc4)ccc32)c1F. The molecule has 0 unspecified atom stereocenters. The van der Waals surface area contributed by atoms with Crippen LogP contribution in [0.2, 0.25) is 0 Å². The average molecular weight is 428 g/mol. The molecule has 4 aromatic rings. The van der Waals surface area contributed by atoms with Crippen LogP contribution in [0.3, 0.4) is 0 Å². The molecule has 0 atom stereocenters. The number of hydrogen-bond donors (Lipinski definition) is 0. The summed E-state index contributed by atoms with van der Waals surface area (Å²) < 4.78 is 68.4. The van der Waals surface area contributed by atoms with Crippen LogP contribution in [0.1, 0.15) is 37.3 Å². The summed E-state index contributed by atoms with van der Waals surface area (Å²) in [6, 6.07) is 14.6. The molecule has 160 valence electrons. The molecule has 0 bridgehead atoms. The third kappa shape index (κ3) is 4.14. The van der Waals surface area contributed by atoms with E-state index in [2.05, 4.69) is 6.92 Å². The molecule has 0 fully saturated rings. The number of unbranched alkanes of at least 4 members (excludes halogenated alkanes) is 2. The molecule has 0 saturated heterocycles. The molecule has 0 spiro atoms. The minimum absolute atomic E-state index is 0.251. The van der Waals surface area contributed by atoms with Gasteiger partial charge >= 0.3 is 6.18 Å². The van der Waals surface area contributed by atoms with Gasteiger partial charge in [0.1, 0.15) is 11.6 Å². The Hall–Kier alpha value is -2.95. The van der Waals surface area contributed by atoms with Gasteiger partial charge in [-0.1, -0.05) is 56.2 Å². The molecule has 0 saturated carbocycles. The minimum Gasteiger partial charge on any atom is -0.206 e. The highest BCUT2D eigenvalue weighted by molar-refractivity contribution is 6.09. The number of halogens is 5. The molecule has 0 aliphatic carbocycles. The van der Waals surface area contributed by atoms with Crippen molar-refractivity contribution >= 4 is 21.5 Å². The number of fused-ring (bicyclic) bond motifs is 3. The van der Waals surface area contributed by atoms with E-state index >= 15 is 4.39 Å². The zero-order valence-corrected chi connectivity index (χ0v) is 17.0. The third-order valence-electron chi connectivity index (χ3n) is 5.69. The molecular weight excluding hydrogens is 407 g/mol. The van der Waals surface area contributed by atoms with Gasteiger partial charge in [0, 0.05) is 10.8 Å². The maximum atomic E-state index is 15.0. The van der Waals surface area contributed by atoms with Gasteiger partial charge in [0.2, 0.25) is 0 Å². The predicted octanol–water partition coefficient (Wildman–Crippen LogP) is 8.69. The first-order chi connectivity index (χ1) is 14.8. The highest BCUT2D eigenvalue weighted by Crippen LogP contribution is 2.35. The lowest BCUT2D eigenvalue weighted by atomic mass is 9.94. The zero-order valence-electron chi connectivity index (χ0n) is 17.0. The van der Waals surface area contributed by atoms with Crippen LogP contribution >= 0.6 is 0 Å². The molecule has 0 amide bonds. The van der Waals surface area contributed by atoms with E-state index in [0.29, 0.717) is 39.3 Å². The summed E-state index contributed by atoms with van der Waals surface area (Å²) in [6.45, 7) is 2.08. The number of alkyl halides is 3. The van der Waals surface area contributed by atoms with Crippen LogP contribution in [-0.4, -0.2) is 0 Å². The Morgan fingerprint density at radius 2 is 1.32 bits per heavy atom. The Morgan fingerprint density at radius 1 is 0.677 bits per heavy atom. The predicted molar refractivity (Wildman–Crippen MR) is 115 cm³/mol. The van der Waals surface area contributed by atoms with Crippen LogP contribution < -0.4 is 0 Å². The van der Waals surface area contributed by atoms with Gasteiger partial charge in [-0.2, -0.15) is 13.2 Å². The van der Waals surface area contributed by atoms with E-state index in [1.807, 2.05) is 6.07 Å². The van der Waals surface area contributed by atoms with Crippen LogP contribution in [0.15, 0.2) is 60.7 Å². The largest absolute Gasteiger partial charge is 0.416 e. The average Bonchev–Trinajstić information content (AvgIpc) is 2.75. The van der Waals surface area contributed by atoms with Crippen LogP contribution in [0, 0.1) is 11.6 Å². The first-order valence-corrected chi connectivity index (χ1v) is 10.3. The van der Waals surface area contributed by atoms with Gasteiger partial charge in [0.05, 0.1) is 5.56 Å². The van der Waals surface area contributed by atoms with Gasteiger partial charge in [-0.15, -0.1) is 0 Å². The quantitative estimate of drug-likeness (QED) is 0.169. The zero-order chi connectivity index (χ0) is 22.2. The van der Waals surface area contributed by atoms with Crippen molar-refractivity contribution in [3.63, 3.8) is 0 Å². The summed E-state index contributed by atoms with van der Waals surface area (Å²) in [4.78, 5) is 0. The van der Waals surface area contributed by atoms with E-state index in [-0.39, 0.29) is 11.2 Å². The van der Waals surface area contributed by atoms with E-state index in [9.17, 15) is 17.6 Å². The van der Waals surface area contributed by atoms with Crippen LogP contribution in [0.5, 0.6) is 0 Å². The molecule has 4 rings (SSSR count). The van der Waals surface area contributed by atoms with Gasteiger partial charge in [0.25, 0.3) is 0 Å². The van der Waals surface area contributed by atoms with E-state index < -0.39 is 17.6 Å². The van der Waals surface area contributed by atoms with Crippen molar-refractivity contribution in [3.05, 3.63) is 83.4 Å². The highest BCUT2D eigenvalue weighted by Gasteiger charge is 2.30. The van der Waals surface area contributed by atoms with Crippen molar-refractivity contribution in [2.24, 2.45) is 0 Å². The van der Waals surface area contributed by atoms with Crippen molar-refractivity contribution in [2.45, 2.75) is 38.8 Å². The van der Waals surface area contributed by atoms with Gasteiger partial charge in [-0.05, 0) is 64.6 Å². The molecule has 4 aromatic carbocycles. The Bertz CT molecular complexity index is 1240. The smallest absolute Gasteiger partial charge is 0.206 e. The lowest BCUT2D eigenvalue weighted by Gasteiger charge is -2.12. The molecule has 0 aliphatic rings. The van der Waals surface area contributed by atoms with Crippen molar-refractivity contribution in [3.8, 4) is 11.1 Å². The molecular formula is C26H21F5. The van der Waals surface area contributed by atoms with Crippen molar-refractivity contribution in [2.75, 3.05) is 0 Å². The van der Waals surface area contributed by atoms with Crippen LogP contribution in [0.4, 0.5) is 22.0 Å². The normalized spacial score (nSPS) is 12.1. The Labute approximate surface area is 177 Å². The van der Waals surface area contributed by atoms with Gasteiger partial charge in [0.15, 0.2) is 0 Å². The topological polar surface area (TPSA) is 0 Å². The first kappa shape index (κ1) is 21.3. The summed E-state index contributed by atoms with van der Waals surface area (Å²) in [5.74, 6) is -0.943. The van der Waals surface area contributed by atoms with Crippen molar-refractivity contribution in [1.29, 1.82) is 0 Å². The second kappa shape index (κ2) is 8.29. The van der Waals surface area contributed by atoms with E-state index in [4.69, 9.17) is 0 Å². The fraction of sp³-hybridized carbons (Fsp3) is 0.231. The molecule has 0 nitrogen and oxygen atoms in total. The second-order valence-electron chi connectivity index (χ2n) is 7.78. The van der Waals surface area contributed by atoms with Crippen LogP contribution in [0.25, 0.3) is 32.7 Å². The molecule has 0 heterocycles. The van der Waals surface area contributed by atoms with E-state index in [1.54, 1.807) is 24.3 Å². The summed E-state index contributed by atoms with van der Waals surface area (Å²) in [5, 5.41) is 1.75. The van der Waals surface area contributed by atoms with Gasteiger partial charge in [-0.3, -0.25) is 0 Å². The standard InChI is InChI=1S/C26H21F5/c1-2-3-4-5-17-8-12-21-20-13-9-18(14-22(20)24(27)15-23(21)25(17)28)16-6-10-19(11-7-16)26(29,30)31/h6-15H,2-5H2,1H3. The molecule has 0 N–H and O–H groups in total. The summed E-state index contributed by atoms with van der Waals surface area (Å²) in [6.07, 6.45) is -0.869. The lowest BCUT2D eigenvalue weighted by molar-refractivity contribution is -0.137. The monoisotopic (exact) mass is 428 g/mol. The first-order valence-electron chi connectivity index (χ1n) is 10.3. The fourth-order valence-corrected chi connectivity index (χ4v) is 3.98. The number of hydrogen-bond acceptors (Lipinski definition) is 0. The van der Waals surface area contributed by atoms with Crippen molar-refractivity contribution in [1.82, 2.24) is 0 Å². The lowest BCUT2D eigenvalue weighted by Crippen LogP contribution is -2.03. The number of rotatable bonds is 5.